The van der Waals surface area contributed by atoms with Crippen LogP contribution in [0, 0.1) is 11.8 Å². The quantitative estimate of drug-likeness (QED) is 0.572. The molecule has 0 saturated heterocycles. The highest BCUT2D eigenvalue weighted by Gasteiger charge is 2.13. The highest BCUT2D eigenvalue weighted by Crippen LogP contribution is 2.10. The second-order valence-electron chi connectivity index (χ2n) is 7.95. The van der Waals surface area contributed by atoms with Crippen molar-refractivity contribution in [2.75, 3.05) is 26.2 Å². The van der Waals surface area contributed by atoms with Crippen molar-refractivity contribution in [2.45, 2.75) is 60.5 Å². The number of rotatable bonds is 11. The van der Waals surface area contributed by atoms with Gasteiger partial charge in [0.25, 0.3) is 0 Å². The maximum Gasteiger partial charge on any atom is 0.0236 e. The highest BCUT2D eigenvalue weighted by molar-refractivity contribution is 5.14. The predicted octanol–water partition coefficient (Wildman–Crippen LogP) is 4.90. The zero-order chi connectivity index (χ0) is 17.2. The molecule has 0 radical (unpaired) electrons. The molecule has 0 aliphatic rings. The molecule has 1 aromatic carbocycles. The summed E-state index contributed by atoms with van der Waals surface area (Å²) >= 11 is 0. The van der Waals surface area contributed by atoms with E-state index in [4.69, 9.17) is 0 Å². The smallest absolute Gasteiger partial charge is 0.0236 e. The zero-order valence-electron chi connectivity index (χ0n) is 16.3. The normalized spacial score (nSPS) is 12.3. The van der Waals surface area contributed by atoms with Gasteiger partial charge < -0.3 is 4.90 Å². The molecular weight excluding hydrogens is 280 g/mol. The van der Waals surface area contributed by atoms with Crippen LogP contribution in [-0.2, 0) is 6.54 Å². The molecule has 1 aromatic rings. The Morgan fingerprint density at radius 3 is 1.83 bits per heavy atom. The molecule has 0 N–H and O–H groups in total. The average molecular weight is 319 g/mol. The Hall–Kier alpha value is -0.860. The monoisotopic (exact) mass is 318 g/mol. The first-order chi connectivity index (χ1) is 10.9. The van der Waals surface area contributed by atoms with Crippen LogP contribution in [0.4, 0.5) is 0 Å². The van der Waals surface area contributed by atoms with E-state index in [1.165, 1.54) is 38.2 Å². The standard InChI is InChI=1S/C21H38N2/c1-18(2)15-22(16-19(3)4)13-10-14-23(20(5)6)17-21-11-8-7-9-12-21/h7-9,11-12,18-20H,10,13-17H2,1-6H3. The number of hydrogen-bond acceptors (Lipinski definition) is 2. The second-order valence-corrected chi connectivity index (χ2v) is 7.95. The summed E-state index contributed by atoms with van der Waals surface area (Å²) in [6.45, 7) is 19.8. The van der Waals surface area contributed by atoms with Crippen molar-refractivity contribution in [3.63, 3.8) is 0 Å². The van der Waals surface area contributed by atoms with Gasteiger partial charge in [0.15, 0.2) is 0 Å². The lowest BCUT2D eigenvalue weighted by Gasteiger charge is -2.30. The molecule has 0 amide bonds. The van der Waals surface area contributed by atoms with Gasteiger partial charge in [-0.3, -0.25) is 4.90 Å². The molecule has 0 aliphatic carbocycles. The zero-order valence-corrected chi connectivity index (χ0v) is 16.3. The maximum absolute atomic E-state index is 2.65. The molecule has 0 spiro atoms. The van der Waals surface area contributed by atoms with Crippen molar-refractivity contribution in [2.24, 2.45) is 11.8 Å². The molecule has 0 heterocycles. The van der Waals surface area contributed by atoms with Gasteiger partial charge in [-0.05, 0) is 50.8 Å². The van der Waals surface area contributed by atoms with Gasteiger partial charge in [0.1, 0.15) is 0 Å². The lowest BCUT2D eigenvalue weighted by molar-refractivity contribution is 0.174. The predicted molar refractivity (Wildman–Crippen MR) is 103 cm³/mol. The van der Waals surface area contributed by atoms with Crippen LogP contribution < -0.4 is 0 Å². The van der Waals surface area contributed by atoms with Crippen molar-refractivity contribution in [3.05, 3.63) is 35.9 Å². The first-order valence-electron chi connectivity index (χ1n) is 9.38. The van der Waals surface area contributed by atoms with E-state index in [9.17, 15) is 0 Å². The van der Waals surface area contributed by atoms with Crippen LogP contribution in [0.25, 0.3) is 0 Å². The molecule has 2 nitrogen and oxygen atoms in total. The van der Waals surface area contributed by atoms with Gasteiger partial charge >= 0.3 is 0 Å². The summed E-state index contributed by atoms with van der Waals surface area (Å²) in [6.07, 6.45) is 1.25. The first kappa shape index (κ1) is 20.2. The molecule has 0 fully saturated rings. The van der Waals surface area contributed by atoms with E-state index < -0.39 is 0 Å². The lowest BCUT2D eigenvalue weighted by Crippen LogP contribution is -2.36. The Morgan fingerprint density at radius 2 is 1.35 bits per heavy atom. The average Bonchev–Trinajstić information content (AvgIpc) is 2.45. The van der Waals surface area contributed by atoms with Crippen LogP contribution in [0.2, 0.25) is 0 Å². The summed E-state index contributed by atoms with van der Waals surface area (Å²) < 4.78 is 0. The molecule has 132 valence electrons. The van der Waals surface area contributed by atoms with E-state index in [1.54, 1.807) is 0 Å². The summed E-state index contributed by atoms with van der Waals surface area (Å²) in [5.74, 6) is 1.50. The van der Waals surface area contributed by atoms with Crippen molar-refractivity contribution in [1.82, 2.24) is 9.80 Å². The fraction of sp³-hybridized carbons (Fsp3) is 0.714. The molecule has 0 saturated carbocycles. The Morgan fingerprint density at radius 1 is 0.783 bits per heavy atom. The number of benzene rings is 1. The van der Waals surface area contributed by atoms with Crippen LogP contribution in [0.15, 0.2) is 30.3 Å². The third-order valence-corrected chi connectivity index (χ3v) is 4.13. The number of hydrogen-bond donors (Lipinski definition) is 0. The van der Waals surface area contributed by atoms with Gasteiger partial charge in [-0.15, -0.1) is 0 Å². The van der Waals surface area contributed by atoms with Gasteiger partial charge in [-0.2, -0.15) is 0 Å². The number of nitrogens with zero attached hydrogens (tertiary/aromatic N) is 2. The summed E-state index contributed by atoms with van der Waals surface area (Å²) in [4.78, 5) is 5.24. The fourth-order valence-corrected chi connectivity index (χ4v) is 3.13. The molecular formula is C21H38N2. The summed E-state index contributed by atoms with van der Waals surface area (Å²) in [5.41, 5.74) is 1.42. The van der Waals surface area contributed by atoms with Crippen molar-refractivity contribution < 1.29 is 0 Å². The van der Waals surface area contributed by atoms with Crippen LogP contribution in [0.1, 0.15) is 53.5 Å². The van der Waals surface area contributed by atoms with E-state index in [-0.39, 0.29) is 0 Å². The summed E-state index contributed by atoms with van der Waals surface area (Å²) in [6, 6.07) is 11.4. The molecule has 23 heavy (non-hydrogen) atoms. The highest BCUT2D eigenvalue weighted by atomic mass is 15.2. The first-order valence-corrected chi connectivity index (χ1v) is 9.38. The van der Waals surface area contributed by atoms with Crippen LogP contribution >= 0.6 is 0 Å². The molecule has 0 bridgehead atoms. The van der Waals surface area contributed by atoms with Crippen LogP contribution in [0.3, 0.4) is 0 Å². The second kappa shape index (κ2) is 10.8. The largest absolute Gasteiger partial charge is 0.303 e. The minimum atomic E-state index is 0.596. The topological polar surface area (TPSA) is 6.48 Å². The van der Waals surface area contributed by atoms with Gasteiger partial charge in [-0.1, -0.05) is 58.0 Å². The van der Waals surface area contributed by atoms with Gasteiger partial charge in [0.2, 0.25) is 0 Å². The third-order valence-electron chi connectivity index (χ3n) is 4.13. The molecule has 1 rings (SSSR count). The minimum absolute atomic E-state index is 0.596. The third kappa shape index (κ3) is 9.12. The van der Waals surface area contributed by atoms with Crippen molar-refractivity contribution in [1.29, 1.82) is 0 Å². The Kier molecular flexibility index (Phi) is 9.50. The van der Waals surface area contributed by atoms with E-state index in [2.05, 4.69) is 81.7 Å². The van der Waals surface area contributed by atoms with Crippen molar-refractivity contribution >= 4 is 0 Å². The van der Waals surface area contributed by atoms with E-state index in [0.29, 0.717) is 6.04 Å². The minimum Gasteiger partial charge on any atom is -0.303 e. The molecule has 2 heteroatoms. The van der Waals surface area contributed by atoms with Crippen molar-refractivity contribution in [3.8, 4) is 0 Å². The Labute approximate surface area is 144 Å². The summed E-state index contributed by atoms with van der Waals surface area (Å²) in [7, 11) is 0. The Bertz CT molecular complexity index is 388. The van der Waals surface area contributed by atoms with E-state index in [0.717, 1.165) is 18.4 Å². The summed E-state index contributed by atoms with van der Waals surface area (Å²) in [5, 5.41) is 0. The van der Waals surface area contributed by atoms with Gasteiger partial charge in [0, 0.05) is 25.7 Å². The maximum atomic E-state index is 2.65. The lowest BCUT2D eigenvalue weighted by atomic mass is 10.1. The Balaban J connectivity index is 2.47. The molecule has 0 aromatic heterocycles. The van der Waals surface area contributed by atoms with Crippen LogP contribution in [-0.4, -0.2) is 42.0 Å². The molecule has 0 unspecified atom stereocenters. The fourth-order valence-electron chi connectivity index (χ4n) is 3.13. The van der Waals surface area contributed by atoms with E-state index >= 15 is 0 Å². The molecule has 0 atom stereocenters. The van der Waals surface area contributed by atoms with E-state index in [1.807, 2.05) is 0 Å². The SMILES string of the molecule is CC(C)CN(CCCN(Cc1ccccc1)C(C)C)CC(C)C. The van der Waals surface area contributed by atoms with Crippen LogP contribution in [0.5, 0.6) is 0 Å². The van der Waals surface area contributed by atoms with Gasteiger partial charge in [0.05, 0.1) is 0 Å². The van der Waals surface area contributed by atoms with Gasteiger partial charge in [-0.25, -0.2) is 0 Å². The molecule has 0 aliphatic heterocycles.